The molecule has 0 aromatic heterocycles. The molecule has 3 N–H and O–H groups in total. The largest absolute Gasteiger partial charge is 0.481 e. The second-order valence-electron chi connectivity index (χ2n) is 3.00. The Balaban J connectivity index is 3.07. The molecule has 0 bridgehead atoms. The van der Waals surface area contributed by atoms with Crippen LogP contribution in [0.3, 0.4) is 0 Å². The lowest BCUT2D eigenvalue weighted by Crippen LogP contribution is -2.15. The van der Waals surface area contributed by atoms with E-state index in [1.165, 1.54) is 6.07 Å². The second kappa shape index (κ2) is 4.79. The van der Waals surface area contributed by atoms with Gasteiger partial charge in [-0.05, 0) is 17.7 Å². The number of benzene rings is 1. The van der Waals surface area contributed by atoms with Crippen LogP contribution in [0.15, 0.2) is 12.1 Å². The van der Waals surface area contributed by atoms with E-state index < -0.39 is 17.8 Å². The van der Waals surface area contributed by atoms with Gasteiger partial charge >= 0.3 is 5.97 Å². The van der Waals surface area contributed by atoms with Crippen LogP contribution in [0.1, 0.15) is 18.0 Å². The molecule has 1 atom stereocenters. The zero-order chi connectivity index (χ0) is 11.6. The van der Waals surface area contributed by atoms with Crippen LogP contribution >= 0.6 is 23.2 Å². The van der Waals surface area contributed by atoms with Gasteiger partial charge in [-0.25, -0.2) is 4.39 Å². The standard InChI is InChI=1S/C9H8Cl2FNO2/c10-4-1-5(7(13)3-8(14)15)9(11)6(12)2-4/h1-2,7H,3,13H2,(H,14,15). The van der Waals surface area contributed by atoms with Crippen molar-refractivity contribution in [3.63, 3.8) is 0 Å². The molecule has 0 spiro atoms. The van der Waals surface area contributed by atoms with E-state index in [0.717, 1.165) is 6.07 Å². The van der Waals surface area contributed by atoms with Gasteiger partial charge in [-0.2, -0.15) is 0 Å². The summed E-state index contributed by atoms with van der Waals surface area (Å²) >= 11 is 11.2. The van der Waals surface area contributed by atoms with E-state index >= 15 is 0 Å². The summed E-state index contributed by atoms with van der Waals surface area (Å²) in [5, 5.41) is 8.47. The Morgan fingerprint density at radius 3 is 2.67 bits per heavy atom. The van der Waals surface area contributed by atoms with E-state index in [2.05, 4.69) is 0 Å². The first-order valence-corrected chi connectivity index (χ1v) is 4.79. The molecule has 0 aliphatic heterocycles. The van der Waals surface area contributed by atoms with Gasteiger partial charge in [0.2, 0.25) is 0 Å². The fraction of sp³-hybridized carbons (Fsp3) is 0.222. The highest BCUT2D eigenvalue weighted by molar-refractivity contribution is 6.33. The third-order valence-corrected chi connectivity index (χ3v) is 2.43. The summed E-state index contributed by atoms with van der Waals surface area (Å²) in [5.41, 5.74) is 5.74. The number of nitrogens with two attached hydrogens (primary N) is 1. The van der Waals surface area contributed by atoms with Crippen LogP contribution < -0.4 is 5.73 Å². The Morgan fingerprint density at radius 1 is 1.53 bits per heavy atom. The molecule has 0 amide bonds. The molecule has 0 radical (unpaired) electrons. The van der Waals surface area contributed by atoms with Crippen molar-refractivity contribution >= 4 is 29.2 Å². The Hall–Kier alpha value is -0.840. The highest BCUT2D eigenvalue weighted by Gasteiger charge is 2.17. The molecule has 0 aliphatic rings. The van der Waals surface area contributed by atoms with Crippen molar-refractivity contribution < 1.29 is 14.3 Å². The summed E-state index contributed by atoms with van der Waals surface area (Å²) in [4.78, 5) is 10.4. The van der Waals surface area contributed by atoms with Gasteiger partial charge < -0.3 is 10.8 Å². The Kier molecular flexibility index (Phi) is 3.90. The summed E-state index contributed by atoms with van der Waals surface area (Å²) < 4.78 is 13.1. The lowest BCUT2D eigenvalue weighted by Gasteiger charge is -2.12. The summed E-state index contributed by atoms with van der Waals surface area (Å²) in [6, 6.07) is 1.53. The zero-order valence-corrected chi connectivity index (χ0v) is 9.02. The van der Waals surface area contributed by atoms with Gasteiger partial charge in [0.05, 0.1) is 11.4 Å². The van der Waals surface area contributed by atoms with Crippen LogP contribution in [0.25, 0.3) is 0 Å². The minimum absolute atomic E-state index is 0.132. The molecule has 0 aliphatic carbocycles. The van der Waals surface area contributed by atoms with E-state index in [0.29, 0.717) is 0 Å². The number of hydrogen-bond acceptors (Lipinski definition) is 2. The Morgan fingerprint density at radius 2 is 2.13 bits per heavy atom. The van der Waals surface area contributed by atoms with E-state index in [1.807, 2.05) is 0 Å². The fourth-order valence-corrected chi connectivity index (χ4v) is 1.61. The van der Waals surface area contributed by atoms with Crippen LogP contribution in [0.5, 0.6) is 0 Å². The molecule has 1 aromatic rings. The molecular formula is C9H8Cl2FNO2. The van der Waals surface area contributed by atoms with E-state index in [1.54, 1.807) is 0 Å². The van der Waals surface area contributed by atoms with E-state index in [4.69, 9.17) is 34.0 Å². The normalized spacial score (nSPS) is 12.5. The van der Waals surface area contributed by atoms with Crippen molar-refractivity contribution in [1.29, 1.82) is 0 Å². The lowest BCUT2D eigenvalue weighted by atomic mass is 10.0. The van der Waals surface area contributed by atoms with Crippen molar-refractivity contribution in [1.82, 2.24) is 0 Å². The monoisotopic (exact) mass is 251 g/mol. The molecule has 82 valence electrons. The van der Waals surface area contributed by atoms with Crippen molar-refractivity contribution in [2.75, 3.05) is 0 Å². The number of hydrogen-bond donors (Lipinski definition) is 2. The minimum atomic E-state index is -1.08. The lowest BCUT2D eigenvalue weighted by molar-refractivity contribution is -0.137. The summed E-state index contributed by atoms with van der Waals surface area (Å²) in [6.45, 7) is 0. The van der Waals surface area contributed by atoms with Crippen molar-refractivity contribution in [2.24, 2.45) is 5.73 Å². The fourth-order valence-electron chi connectivity index (χ4n) is 1.14. The molecule has 0 fully saturated rings. The summed E-state index contributed by atoms with van der Waals surface area (Å²) in [6.07, 6.45) is -0.334. The molecule has 3 nitrogen and oxygen atoms in total. The first-order valence-electron chi connectivity index (χ1n) is 4.03. The number of carboxylic acid groups (broad SMARTS) is 1. The van der Waals surface area contributed by atoms with Crippen LogP contribution in [-0.4, -0.2) is 11.1 Å². The molecule has 0 heterocycles. The van der Waals surface area contributed by atoms with Gasteiger partial charge in [0.25, 0.3) is 0 Å². The second-order valence-corrected chi connectivity index (χ2v) is 3.81. The van der Waals surface area contributed by atoms with Gasteiger partial charge in [0.1, 0.15) is 5.82 Å². The van der Waals surface area contributed by atoms with Crippen molar-refractivity contribution in [2.45, 2.75) is 12.5 Å². The highest BCUT2D eigenvalue weighted by Crippen LogP contribution is 2.29. The maximum absolute atomic E-state index is 13.1. The predicted octanol–water partition coefficient (Wildman–Crippen LogP) is 2.61. The third-order valence-electron chi connectivity index (χ3n) is 1.82. The van der Waals surface area contributed by atoms with Crippen LogP contribution in [0.2, 0.25) is 10.0 Å². The van der Waals surface area contributed by atoms with Crippen molar-refractivity contribution in [3.8, 4) is 0 Å². The first kappa shape index (κ1) is 12.2. The molecule has 0 saturated carbocycles. The zero-order valence-electron chi connectivity index (χ0n) is 7.51. The molecule has 1 aromatic carbocycles. The topological polar surface area (TPSA) is 63.3 Å². The van der Waals surface area contributed by atoms with Gasteiger partial charge in [-0.3, -0.25) is 4.79 Å². The molecule has 1 unspecified atom stereocenters. The molecule has 1 rings (SSSR count). The maximum atomic E-state index is 13.1. The van der Waals surface area contributed by atoms with Gasteiger partial charge in [0.15, 0.2) is 0 Å². The molecule has 15 heavy (non-hydrogen) atoms. The molecule has 6 heteroatoms. The minimum Gasteiger partial charge on any atom is -0.481 e. The Bertz CT molecular complexity index is 398. The number of carbonyl (C=O) groups is 1. The molecule has 0 saturated heterocycles. The SMILES string of the molecule is NC(CC(=O)O)c1cc(Cl)cc(F)c1Cl. The van der Waals surface area contributed by atoms with Gasteiger partial charge in [-0.1, -0.05) is 23.2 Å². The smallest absolute Gasteiger partial charge is 0.305 e. The highest BCUT2D eigenvalue weighted by atomic mass is 35.5. The number of aliphatic carboxylic acids is 1. The predicted molar refractivity (Wildman–Crippen MR) is 55.6 cm³/mol. The number of carboxylic acids is 1. The van der Waals surface area contributed by atoms with E-state index in [9.17, 15) is 9.18 Å². The number of rotatable bonds is 3. The Labute approximate surface area is 95.6 Å². The van der Waals surface area contributed by atoms with Crippen LogP contribution in [-0.2, 0) is 4.79 Å². The maximum Gasteiger partial charge on any atom is 0.305 e. The van der Waals surface area contributed by atoms with Gasteiger partial charge in [0, 0.05) is 11.1 Å². The summed E-state index contributed by atoms with van der Waals surface area (Å²) in [5.74, 6) is -1.79. The average molecular weight is 252 g/mol. The quantitative estimate of drug-likeness (QED) is 0.812. The molecular weight excluding hydrogens is 244 g/mol. The van der Waals surface area contributed by atoms with Crippen LogP contribution in [0, 0.1) is 5.82 Å². The van der Waals surface area contributed by atoms with Crippen molar-refractivity contribution in [3.05, 3.63) is 33.6 Å². The number of halogens is 3. The van der Waals surface area contributed by atoms with E-state index in [-0.39, 0.29) is 22.0 Å². The van der Waals surface area contributed by atoms with Crippen LogP contribution in [0.4, 0.5) is 4.39 Å². The average Bonchev–Trinajstić information content (AvgIpc) is 2.09. The first-order chi connectivity index (χ1) is 6.91. The summed E-state index contributed by atoms with van der Waals surface area (Å²) in [7, 11) is 0. The third kappa shape index (κ3) is 3.06. The van der Waals surface area contributed by atoms with Gasteiger partial charge in [-0.15, -0.1) is 0 Å².